The summed E-state index contributed by atoms with van der Waals surface area (Å²) < 4.78 is 6.73. The quantitative estimate of drug-likeness (QED) is 0.804. The number of carboxylic acid groups (broad SMARTS) is 1. The molecule has 0 fully saturated rings. The second-order valence-electron chi connectivity index (χ2n) is 5.35. The smallest absolute Gasteiger partial charge is 0.349 e. The molecular weight excluding hydrogens is 360 g/mol. The van der Waals surface area contributed by atoms with Gasteiger partial charge in [0.15, 0.2) is 4.88 Å². The first-order valence-corrected chi connectivity index (χ1v) is 8.44. The largest absolute Gasteiger partial charge is 0.486 e. The number of rotatable bonds is 4. The maximum Gasteiger partial charge on any atom is 0.349 e. The third kappa shape index (κ3) is 3.62. The number of halogens is 1. The van der Waals surface area contributed by atoms with E-state index >= 15 is 0 Å². The van der Waals surface area contributed by atoms with Crippen LogP contribution in [0.3, 0.4) is 0 Å². The molecule has 0 aliphatic carbocycles. The van der Waals surface area contributed by atoms with Crippen molar-refractivity contribution in [3.05, 3.63) is 36.6 Å². The van der Waals surface area contributed by atoms with Crippen LogP contribution in [0.2, 0.25) is 0 Å². The molecule has 2 heterocycles. The molecule has 0 radical (unpaired) electrons. The Kier molecular flexibility index (Phi) is 4.56. The van der Waals surface area contributed by atoms with E-state index in [0.717, 1.165) is 13.5 Å². The van der Waals surface area contributed by atoms with E-state index in [1.807, 2.05) is 18.2 Å². The normalized spacial score (nSPS) is 11.6. The van der Waals surface area contributed by atoms with E-state index in [1.165, 1.54) is 11.3 Å². The van der Waals surface area contributed by atoms with Gasteiger partial charge in [-0.05, 0) is 39.5 Å². The van der Waals surface area contributed by atoms with E-state index < -0.39 is 5.97 Å². The highest BCUT2D eigenvalue weighted by Crippen LogP contribution is 2.37. The minimum absolute atomic E-state index is 0.0809. The summed E-state index contributed by atoms with van der Waals surface area (Å²) in [5, 5.41) is 9.27. The summed E-state index contributed by atoms with van der Waals surface area (Å²) in [4.78, 5) is 13.6. The number of ether oxygens (including phenoxy) is 1. The molecule has 108 valence electrons. The van der Waals surface area contributed by atoms with E-state index in [2.05, 4.69) is 36.7 Å². The molecule has 2 rings (SSSR count). The zero-order chi connectivity index (χ0) is 14.9. The van der Waals surface area contributed by atoms with Crippen molar-refractivity contribution in [1.82, 2.24) is 0 Å². The summed E-state index contributed by atoms with van der Waals surface area (Å²) in [5.41, 5.74) is -0.0809. The Balaban J connectivity index is 2.21. The van der Waals surface area contributed by atoms with E-state index in [9.17, 15) is 9.90 Å². The van der Waals surface area contributed by atoms with Crippen LogP contribution in [-0.4, -0.2) is 11.1 Å². The first kappa shape index (κ1) is 15.5. The van der Waals surface area contributed by atoms with Crippen molar-refractivity contribution in [3.8, 4) is 5.75 Å². The lowest BCUT2D eigenvalue weighted by Gasteiger charge is -2.14. The van der Waals surface area contributed by atoms with Crippen molar-refractivity contribution in [2.45, 2.75) is 32.8 Å². The lowest BCUT2D eigenvalue weighted by atomic mass is 9.95. The van der Waals surface area contributed by atoms with Crippen molar-refractivity contribution in [2.24, 2.45) is 0 Å². The molecule has 0 amide bonds. The predicted molar refractivity (Wildman–Crippen MR) is 86.3 cm³/mol. The van der Waals surface area contributed by atoms with Gasteiger partial charge >= 0.3 is 5.97 Å². The van der Waals surface area contributed by atoms with Gasteiger partial charge in [0.05, 0.1) is 3.79 Å². The Hall–Kier alpha value is -0.850. The molecule has 0 unspecified atom stereocenters. The van der Waals surface area contributed by atoms with Crippen LogP contribution in [0.15, 0.2) is 22.0 Å². The van der Waals surface area contributed by atoms with Gasteiger partial charge in [-0.1, -0.05) is 20.8 Å². The average molecular weight is 375 g/mol. The summed E-state index contributed by atoms with van der Waals surface area (Å²) in [6, 6.07) is 5.76. The molecule has 3 nitrogen and oxygen atoms in total. The van der Waals surface area contributed by atoms with Crippen molar-refractivity contribution >= 4 is 44.6 Å². The van der Waals surface area contributed by atoms with Gasteiger partial charge in [0.25, 0.3) is 0 Å². The number of carboxylic acids is 1. The van der Waals surface area contributed by atoms with Crippen LogP contribution in [0.5, 0.6) is 5.75 Å². The highest BCUT2D eigenvalue weighted by atomic mass is 79.9. The topological polar surface area (TPSA) is 46.5 Å². The monoisotopic (exact) mass is 374 g/mol. The molecule has 0 saturated heterocycles. The lowest BCUT2D eigenvalue weighted by Crippen LogP contribution is -2.08. The van der Waals surface area contributed by atoms with Gasteiger partial charge in [-0.3, -0.25) is 0 Å². The molecular formula is C14H15BrO3S2. The molecule has 0 bridgehead atoms. The first-order chi connectivity index (χ1) is 9.27. The summed E-state index contributed by atoms with van der Waals surface area (Å²) in [7, 11) is 0. The molecule has 0 saturated carbocycles. The average Bonchev–Trinajstić information content (AvgIpc) is 2.91. The van der Waals surface area contributed by atoms with Gasteiger partial charge < -0.3 is 9.84 Å². The molecule has 0 aliphatic heterocycles. The summed E-state index contributed by atoms with van der Waals surface area (Å²) in [6.45, 7) is 6.57. The summed E-state index contributed by atoms with van der Waals surface area (Å²) >= 11 is 6.26. The highest BCUT2D eigenvalue weighted by molar-refractivity contribution is 9.11. The number of hydrogen-bond donors (Lipinski definition) is 1. The minimum Gasteiger partial charge on any atom is -0.486 e. The van der Waals surface area contributed by atoms with Crippen LogP contribution in [0, 0.1) is 0 Å². The van der Waals surface area contributed by atoms with Crippen LogP contribution in [0.4, 0.5) is 0 Å². The number of carbonyl (C=O) groups is 1. The SMILES string of the molecule is CC(C)(C)c1cc(OCc2ccc(Br)s2)c(C(=O)O)s1. The van der Waals surface area contributed by atoms with Crippen molar-refractivity contribution in [1.29, 1.82) is 0 Å². The maximum atomic E-state index is 11.3. The second kappa shape index (κ2) is 5.87. The second-order valence-corrected chi connectivity index (χ2v) is 8.95. The van der Waals surface area contributed by atoms with Crippen LogP contribution >= 0.6 is 38.6 Å². The fourth-order valence-electron chi connectivity index (χ4n) is 1.58. The first-order valence-electron chi connectivity index (χ1n) is 6.02. The Morgan fingerprint density at radius 2 is 2.05 bits per heavy atom. The minimum atomic E-state index is -0.937. The number of aromatic carboxylic acids is 1. The van der Waals surface area contributed by atoms with E-state index in [1.54, 1.807) is 11.3 Å². The van der Waals surface area contributed by atoms with Gasteiger partial charge in [-0.25, -0.2) is 4.79 Å². The molecule has 0 atom stereocenters. The van der Waals surface area contributed by atoms with Crippen molar-refractivity contribution < 1.29 is 14.6 Å². The number of hydrogen-bond acceptors (Lipinski definition) is 4. The van der Waals surface area contributed by atoms with E-state index in [4.69, 9.17) is 4.74 Å². The van der Waals surface area contributed by atoms with Gasteiger partial charge in [-0.2, -0.15) is 0 Å². The highest BCUT2D eigenvalue weighted by Gasteiger charge is 2.23. The third-order valence-corrected chi connectivity index (χ3v) is 5.76. The van der Waals surface area contributed by atoms with Crippen LogP contribution in [0.25, 0.3) is 0 Å². The molecule has 6 heteroatoms. The van der Waals surface area contributed by atoms with Crippen molar-refractivity contribution in [2.75, 3.05) is 0 Å². The molecule has 0 spiro atoms. The van der Waals surface area contributed by atoms with Crippen LogP contribution in [-0.2, 0) is 12.0 Å². The van der Waals surface area contributed by atoms with Gasteiger partial charge in [0, 0.05) is 9.75 Å². The Labute approximate surface area is 134 Å². The van der Waals surface area contributed by atoms with E-state index in [-0.39, 0.29) is 10.3 Å². The fourth-order valence-corrected chi connectivity index (χ4v) is 3.97. The number of thiophene rings is 2. The molecule has 1 N–H and O–H groups in total. The third-order valence-electron chi connectivity index (χ3n) is 2.63. The standard InChI is InChI=1S/C14H15BrO3S2/c1-14(2,3)10-6-9(12(20-10)13(16)17)18-7-8-4-5-11(15)19-8/h4-6H,7H2,1-3H3,(H,16,17). The Bertz CT molecular complexity index is 623. The maximum absolute atomic E-state index is 11.3. The van der Waals surface area contributed by atoms with Crippen molar-refractivity contribution in [3.63, 3.8) is 0 Å². The van der Waals surface area contributed by atoms with Crippen LogP contribution in [0.1, 0.15) is 40.2 Å². The molecule has 0 aliphatic rings. The zero-order valence-electron chi connectivity index (χ0n) is 11.4. The lowest BCUT2D eigenvalue weighted by molar-refractivity contribution is 0.0697. The molecule has 2 aromatic heterocycles. The molecule has 20 heavy (non-hydrogen) atoms. The fraction of sp³-hybridized carbons (Fsp3) is 0.357. The van der Waals surface area contributed by atoms with Crippen LogP contribution < -0.4 is 4.74 Å². The van der Waals surface area contributed by atoms with E-state index in [0.29, 0.717) is 12.4 Å². The summed E-state index contributed by atoms with van der Waals surface area (Å²) in [6.07, 6.45) is 0. The van der Waals surface area contributed by atoms with Gasteiger partial charge in [0.1, 0.15) is 12.4 Å². The van der Waals surface area contributed by atoms with Gasteiger partial charge in [0.2, 0.25) is 0 Å². The van der Waals surface area contributed by atoms with Gasteiger partial charge in [-0.15, -0.1) is 22.7 Å². The molecule has 0 aromatic carbocycles. The Morgan fingerprint density at radius 3 is 2.55 bits per heavy atom. The predicted octanol–water partition coefficient (Wildman–Crippen LogP) is 5.15. The molecule has 2 aromatic rings. The Morgan fingerprint density at radius 1 is 1.35 bits per heavy atom. The zero-order valence-corrected chi connectivity index (χ0v) is 14.6. The summed E-state index contributed by atoms with van der Waals surface area (Å²) in [5.74, 6) is -0.482.